The monoisotopic (exact) mass is 193 g/mol. The molecule has 0 aromatic heterocycles. The number of carboxylic acids is 1. The summed E-state index contributed by atoms with van der Waals surface area (Å²) in [5.41, 5.74) is -0.349. The highest BCUT2D eigenvalue weighted by molar-refractivity contribution is 5.89. The molecule has 0 amide bonds. The summed E-state index contributed by atoms with van der Waals surface area (Å²) in [7, 11) is 0. The largest absolute Gasteiger partial charge is 0.473 e. The predicted octanol–water partition coefficient (Wildman–Crippen LogP) is 1.39. The van der Waals surface area contributed by atoms with Crippen LogP contribution in [-0.2, 0) is 4.79 Å². The summed E-state index contributed by atoms with van der Waals surface area (Å²) in [6.45, 7) is 0. The smallest absolute Gasteiger partial charge is 0.407 e. The molecule has 1 aromatic carbocycles. The standard InChI is InChI=1S/C9H7NO4/c11-9(12)8(10(13)14)6-7-4-2-1-3-5-7/h1-6H,(H,11,12). The number of rotatable bonds is 3. The summed E-state index contributed by atoms with van der Waals surface area (Å²) < 4.78 is 0. The molecule has 0 atom stereocenters. The number of nitrogens with zero attached hydrogens (tertiary/aromatic N) is 1. The van der Waals surface area contributed by atoms with Gasteiger partial charge in [0, 0.05) is 6.08 Å². The van der Waals surface area contributed by atoms with Gasteiger partial charge in [-0.05, 0) is 5.56 Å². The molecule has 0 heterocycles. The van der Waals surface area contributed by atoms with Crippen LogP contribution >= 0.6 is 0 Å². The van der Waals surface area contributed by atoms with Crippen molar-refractivity contribution >= 4 is 12.0 Å². The van der Waals surface area contributed by atoms with Crippen molar-refractivity contribution in [2.24, 2.45) is 0 Å². The van der Waals surface area contributed by atoms with E-state index in [1.165, 1.54) is 0 Å². The van der Waals surface area contributed by atoms with Crippen LogP contribution in [0.3, 0.4) is 0 Å². The second-order valence-corrected chi connectivity index (χ2v) is 2.50. The summed E-state index contributed by atoms with van der Waals surface area (Å²) in [5.74, 6) is -1.54. The molecule has 0 saturated heterocycles. The van der Waals surface area contributed by atoms with Crippen molar-refractivity contribution < 1.29 is 14.8 Å². The molecular weight excluding hydrogens is 186 g/mol. The molecule has 0 saturated carbocycles. The Bertz CT molecular complexity index is 367. The van der Waals surface area contributed by atoms with Gasteiger partial charge < -0.3 is 5.11 Å². The fourth-order valence-corrected chi connectivity index (χ4v) is 0.900. The highest BCUT2D eigenvalue weighted by Gasteiger charge is 2.19. The lowest BCUT2D eigenvalue weighted by Gasteiger charge is -1.92. The van der Waals surface area contributed by atoms with Crippen molar-refractivity contribution in [3.63, 3.8) is 0 Å². The van der Waals surface area contributed by atoms with Gasteiger partial charge in [-0.3, -0.25) is 10.1 Å². The fraction of sp³-hybridized carbons (Fsp3) is 0. The van der Waals surface area contributed by atoms with Gasteiger partial charge in [0.15, 0.2) is 0 Å². The van der Waals surface area contributed by atoms with E-state index in [0.717, 1.165) is 6.08 Å². The Morgan fingerprint density at radius 2 is 1.93 bits per heavy atom. The summed E-state index contributed by atoms with van der Waals surface area (Å²) in [5, 5.41) is 18.8. The van der Waals surface area contributed by atoms with Gasteiger partial charge in [-0.15, -0.1) is 0 Å². The molecule has 0 unspecified atom stereocenters. The Morgan fingerprint density at radius 1 is 1.36 bits per heavy atom. The third-order valence-corrected chi connectivity index (χ3v) is 1.52. The van der Waals surface area contributed by atoms with Crippen LogP contribution in [0.1, 0.15) is 5.56 Å². The lowest BCUT2D eigenvalue weighted by molar-refractivity contribution is -0.419. The maximum Gasteiger partial charge on any atom is 0.407 e. The molecule has 0 aliphatic carbocycles. The average Bonchev–Trinajstić information content (AvgIpc) is 2.15. The van der Waals surface area contributed by atoms with Crippen LogP contribution in [0.2, 0.25) is 0 Å². The molecule has 5 heteroatoms. The van der Waals surface area contributed by atoms with Crippen LogP contribution in [0.5, 0.6) is 0 Å². The van der Waals surface area contributed by atoms with Gasteiger partial charge in [-0.2, -0.15) is 0 Å². The van der Waals surface area contributed by atoms with Gasteiger partial charge in [-0.25, -0.2) is 4.79 Å². The molecule has 14 heavy (non-hydrogen) atoms. The molecule has 5 nitrogen and oxygen atoms in total. The minimum absolute atomic E-state index is 0.488. The second-order valence-electron chi connectivity index (χ2n) is 2.50. The van der Waals surface area contributed by atoms with Crippen molar-refractivity contribution in [3.8, 4) is 0 Å². The molecule has 0 aliphatic rings. The predicted molar refractivity (Wildman–Crippen MR) is 49.0 cm³/mol. The van der Waals surface area contributed by atoms with Gasteiger partial charge in [0.05, 0.1) is 4.92 Å². The molecule has 0 spiro atoms. The number of aliphatic carboxylic acids is 1. The quantitative estimate of drug-likeness (QED) is 0.446. The van der Waals surface area contributed by atoms with Gasteiger partial charge in [-0.1, -0.05) is 30.3 Å². The van der Waals surface area contributed by atoms with Crippen molar-refractivity contribution in [3.05, 3.63) is 51.7 Å². The van der Waals surface area contributed by atoms with Gasteiger partial charge in [0.25, 0.3) is 0 Å². The lowest BCUT2D eigenvalue weighted by Crippen LogP contribution is -2.09. The number of hydrogen-bond donors (Lipinski definition) is 1. The van der Waals surface area contributed by atoms with Crippen molar-refractivity contribution in [2.45, 2.75) is 0 Å². The number of carbonyl (C=O) groups is 1. The molecule has 1 aromatic rings. The van der Waals surface area contributed by atoms with E-state index >= 15 is 0 Å². The second kappa shape index (κ2) is 4.18. The van der Waals surface area contributed by atoms with Crippen molar-refractivity contribution in [2.75, 3.05) is 0 Å². The van der Waals surface area contributed by atoms with E-state index < -0.39 is 16.6 Å². The van der Waals surface area contributed by atoms with Gasteiger partial charge in [0.1, 0.15) is 0 Å². The van der Waals surface area contributed by atoms with E-state index in [2.05, 4.69) is 0 Å². The zero-order chi connectivity index (χ0) is 10.6. The Balaban J connectivity index is 3.06. The van der Waals surface area contributed by atoms with Crippen LogP contribution in [0.4, 0.5) is 0 Å². The highest BCUT2D eigenvalue weighted by atomic mass is 16.6. The van der Waals surface area contributed by atoms with Crippen molar-refractivity contribution in [1.82, 2.24) is 0 Å². The first-order chi connectivity index (χ1) is 6.61. The Morgan fingerprint density at radius 3 is 2.36 bits per heavy atom. The van der Waals surface area contributed by atoms with E-state index in [1.807, 2.05) is 0 Å². The zero-order valence-corrected chi connectivity index (χ0v) is 7.08. The van der Waals surface area contributed by atoms with Crippen LogP contribution < -0.4 is 0 Å². The summed E-state index contributed by atoms with van der Waals surface area (Å²) in [6, 6.07) is 8.26. The van der Waals surface area contributed by atoms with Crippen molar-refractivity contribution in [1.29, 1.82) is 0 Å². The van der Waals surface area contributed by atoms with Gasteiger partial charge in [0.2, 0.25) is 0 Å². The van der Waals surface area contributed by atoms with Crippen LogP contribution in [0.25, 0.3) is 6.08 Å². The molecule has 0 aliphatic heterocycles. The molecule has 0 bridgehead atoms. The highest BCUT2D eigenvalue weighted by Crippen LogP contribution is 2.06. The van der Waals surface area contributed by atoms with Crippen LogP contribution in [0, 0.1) is 10.1 Å². The first-order valence-corrected chi connectivity index (χ1v) is 3.75. The number of benzene rings is 1. The lowest BCUT2D eigenvalue weighted by atomic mass is 10.2. The number of hydrogen-bond acceptors (Lipinski definition) is 3. The van der Waals surface area contributed by atoms with E-state index in [0.29, 0.717) is 5.56 Å². The third kappa shape index (κ3) is 2.41. The summed E-state index contributed by atoms with van der Waals surface area (Å²) >= 11 is 0. The first kappa shape index (κ1) is 9.91. The van der Waals surface area contributed by atoms with Crippen LogP contribution in [-0.4, -0.2) is 16.0 Å². The molecule has 0 fully saturated rings. The number of carboxylic acid groups (broad SMARTS) is 1. The zero-order valence-electron chi connectivity index (χ0n) is 7.08. The van der Waals surface area contributed by atoms with E-state index in [9.17, 15) is 14.9 Å². The topological polar surface area (TPSA) is 80.4 Å². The average molecular weight is 193 g/mol. The molecule has 72 valence electrons. The molecule has 1 rings (SSSR count). The SMILES string of the molecule is O=C(O)C(=Cc1ccccc1)[N+](=O)[O-]. The van der Waals surface area contributed by atoms with E-state index in [-0.39, 0.29) is 0 Å². The molecular formula is C9H7NO4. The third-order valence-electron chi connectivity index (χ3n) is 1.52. The fourth-order valence-electron chi connectivity index (χ4n) is 0.900. The maximum atomic E-state index is 10.4. The number of nitro groups is 1. The Labute approximate surface area is 79.4 Å². The minimum Gasteiger partial charge on any atom is -0.473 e. The first-order valence-electron chi connectivity index (χ1n) is 3.75. The van der Waals surface area contributed by atoms with Crippen LogP contribution in [0.15, 0.2) is 36.0 Å². The Hall–Kier alpha value is -2.17. The van der Waals surface area contributed by atoms with E-state index in [4.69, 9.17) is 5.11 Å². The summed E-state index contributed by atoms with van der Waals surface area (Å²) in [6.07, 6.45) is 1.02. The summed E-state index contributed by atoms with van der Waals surface area (Å²) in [4.78, 5) is 19.8. The molecule has 1 N–H and O–H groups in total. The van der Waals surface area contributed by atoms with Gasteiger partial charge >= 0.3 is 11.7 Å². The Kier molecular flexibility index (Phi) is 2.96. The normalized spacial score (nSPS) is 11.0. The minimum atomic E-state index is -1.54. The van der Waals surface area contributed by atoms with E-state index in [1.54, 1.807) is 30.3 Å². The maximum absolute atomic E-state index is 10.4. The molecule has 0 radical (unpaired) electrons.